The van der Waals surface area contributed by atoms with Gasteiger partial charge in [0.05, 0.1) is 31.2 Å². The van der Waals surface area contributed by atoms with Crippen molar-refractivity contribution in [3.63, 3.8) is 0 Å². The number of ether oxygens (including phenoxy) is 1. The third-order valence-corrected chi connectivity index (χ3v) is 20.7. The Kier molecular flexibility index (Phi) is 8.66. The van der Waals surface area contributed by atoms with Crippen LogP contribution in [-0.4, -0.2) is 61.8 Å². The van der Waals surface area contributed by atoms with E-state index >= 15 is 0 Å². The molecule has 2 unspecified atom stereocenters. The zero-order valence-corrected chi connectivity index (χ0v) is 29.3. The summed E-state index contributed by atoms with van der Waals surface area (Å²) in [5, 5.41) is 0.306. The molecule has 1 saturated heterocycles. The normalized spacial score (nSPS) is 35.0. The summed E-state index contributed by atoms with van der Waals surface area (Å²) < 4.78 is 49.1. The Morgan fingerprint density at radius 1 is 0.974 bits per heavy atom. The van der Waals surface area contributed by atoms with E-state index in [9.17, 15) is 8.42 Å². The van der Waals surface area contributed by atoms with Crippen LogP contribution in [-0.2, 0) is 27.9 Å². The average molecular weight is 601 g/mol. The van der Waals surface area contributed by atoms with Crippen molar-refractivity contribution in [1.82, 2.24) is 0 Å². The Morgan fingerprint density at radius 2 is 1.56 bits per heavy atom. The summed E-state index contributed by atoms with van der Waals surface area (Å²) in [6.07, 6.45) is 13.2. The van der Waals surface area contributed by atoms with Crippen LogP contribution in [0.3, 0.4) is 0 Å². The first-order valence-electron chi connectivity index (χ1n) is 15.2. The van der Waals surface area contributed by atoms with Gasteiger partial charge in [0.1, 0.15) is 5.60 Å². The van der Waals surface area contributed by atoms with Crippen molar-refractivity contribution < 1.29 is 26.2 Å². The third kappa shape index (κ3) is 6.80. The summed E-state index contributed by atoms with van der Waals surface area (Å²) in [6.45, 7) is 23.4. The van der Waals surface area contributed by atoms with Crippen LogP contribution in [0.25, 0.3) is 0 Å². The molecule has 6 nitrogen and oxygen atoms in total. The number of hydrogen-bond donors (Lipinski definition) is 0. The van der Waals surface area contributed by atoms with E-state index in [4.69, 9.17) is 17.8 Å². The molecule has 4 fully saturated rings. The van der Waals surface area contributed by atoms with Gasteiger partial charge >= 0.3 is 0 Å². The van der Waals surface area contributed by atoms with Crippen LogP contribution in [0.5, 0.6) is 0 Å². The molecule has 0 spiro atoms. The SMILES string of the molecule is CC(C)(C)[Si](C)(C)O[C@H](/C=C/[C@H]1[C@H]2CC3(COS(C)(=O)=O)OC3[C@H]2C[C@H]1O[Si](C)(C)C(C)(C)C)C1CCCC1. The molecule has 3 aliphatic carbocycles. The molecule has 0 amide bonds. The van der Waals surface area contributed by atoms with Crippen LogP contribution in [0.4, 0.5) is 0 Å². The minimum atomic E-state index is -3.50. The predicted octanol–water partition coefficient (Wildman–Crippen LogP) is 7.28. The van der Waals surface area contributed by atoms with Crippen molar-refractivity contribution in [2.45, 2.75) is 140 Å². The summed E-state index contributed by atoms with van der Waals surface area (Å²) in [4.78, 5) is 0. The van der Waals surface area contributed by atoms with E-state index in [-0.39, 0.29) is 40.9 Å². The molecular weight excluding hydrogens is 545 g/mol. The predicted molar refractivity (Wildman–Crippen MR) is 163 cm³/mol. The van der Waals surface area contributed by atoms with Gasteiger partial charge in [0.25, 0.3) is 10.1 Å². The molecule has 1 aliphatic heterocycles. The minimum Gasteiger partial charge on any atom is -0.413 e. The fraction of sp³-hybridized carbons (Fsp3) is 0.933. The summed E-state index contributed by atoms with van der Waals surface area (Å²) in [7, 11) is -7.40. The van der Waals surface area contributed by atoms with Gasteiger partial charge in [-0.1, -0.05) is 66.5 Å². The quantitative estimate of drug-likeness (QED) is 0.114. The van der Waals surface area contributed by atoms with Gasteiger partial charge in [0.2, 0.25) is 0 Å². The van der Waals surface area contributed by atoms with Crippen LogP contribution in [0.15, 0.2) is 12.2 Å². The van der Waals surface area contributed by atoms with Gasteiger partial charge in [-0.3, -0.25) is 4.18 Å². The van der Waals surface area contributed by atoms with Crippen LogP contribution >= 0.6 is 0 Å². The lowest BCUT2D eigenvalue weighted by atomic mass is 9.88. The zero-order valence-electron chi connectivity index (χ0n) is 26.5. The molecule has 9 heteroatoms. The van der Waals surface area contributed by atoms with Crippen molar-refractivity contribution in [2.24, 2.45) is 23.7 Å². The number of fused-ring (bicyclic) bond motifs is 3. The molecule has 4 rings (SSSR count). The summed E-state index contributed by atoms with van der Waals surface area (Å²) in [6, 6.07) is 0. The Labute approximate surface area is 241 Å². The van der Waals surface area contributed by atoms with Crippen molar-refractivity contribution >= 4 is 26.8 Å². The van der Waals surface area contributed by atoms with Crippen LogP contribution in [0, 0.1) is 23.7 Å². The Bertz CT molecular complexity index is 1020. The topological polar surface area (TPSA) is 74.4 Å². The summed E-state index contributed by atoms with van der Waals surface area (Å²) in [5.41, 5.74) is -0.449. The van der Waals surface area contributed by atoms with Crippen LogP contribution in [0.2, 0.25) is 36.3 Å². The maximum atomic E-state index is 11.7. The van der Waals surface area contributed by atoms with Gasteiger partial charge < -0.3 is 13.6 Å². The van der Waals surface area contributed by atoms with Gasteiger partial charge in [0, 0.05) is 5.92 Å². The largest absolute Gasteiger partial charge is 0.413 e. The maximum absolute atomic E-state index is 11.7. The van der Waals surface area contributed by atoms with E-state index in [1.54, 1.807) is 0 Å². The maximum Gasteiger partial charge on any atom is 0.264 e. The highest BCUT2D eigenvalue weighted by atomic mass is 32.2. The molecule has 1 heterocycles. The molecule has 39 heavy (non-hydrogen) atoms. The van der Waals surface area contributed by atoms with Gasteiger partial charge in [-0.25, -0.2) is 0 Å². The first-order valence-corrected chi connectivity index (χ1v) is 22.9. The van der Waals surface area contributed by atoms with Crippen LogP contribution < -0.4 is 0 Å². The minimum absolute atomic E-state index is 0.0716. The van der Waals surface area contributed by atoms with E-state index in [0.717, 1.165) is 19.1 Å². The standard InChI is InChI=1S/C30H56O6SSi2/c1-28(2,3)38(8,9)35-25(21-14-12-13-15-21)17-16-22-24-19-30(20-33-37(7,31)32)27(34-30)23(24)18-26(22)36-39(10,11)29(4,5)6/h16-17,21-27H,12-15,18-20H2,1-11H3/b17-16+/t22-,23-,24+,25+,26+,27?,30?/m0/s1. The molecule has 0 radical (unpaired) electrons. The van der Waals surface area contributed by atoms with E-state index in [2.05, 4.69) is 79.9 Å². The monoisotopic (exact) mass is 600 g/mol. The smallest absolute Gasteiger partial charge is 0.264 e. The Balaban J connectivity index is 1.59. The summed E-state index contributed by atoms with van der Waals surface area (Å²) in [5.74, 6) is 1.66. The molecule has 3 saturated carbocycles. The number of rotatable bonds is 10. The van der Waals surface area contributed by atoms with Crippen molar-refractivity contribution in [3.05, 3.63) is 12.2 Å². The second-order valence-corrected chi connectivity index (χ2v) is 27.3. The second kappa shape index (κ2) is 10.6. The second-order valence-electron chi connectivity index (χ2n) is 16.1. The summed E-state index contributed by atoms with van der Waals surface area (Å²) >= 11 is 0. The molecule has 0 aromatic heterocycles. The molecule has 226 valence electrons. The van der Waals surface area contributed by atoms with Gasteiger partial charge in [0.15, 0.2) is 16.6 Å². The lowest BCUT2D eigenvalue weighted by Gasteiger charge is -2.41. The first kappa shape index (κ1) is 31.9. The average Bonchev–Trinajstić information content (AvgIpc) is 3.08. The lowest BCUT2D eigenvalue weighted by Crippen LogP contribution is -2.45. The highest BCUT2D eigenvalue weighted by Gasteiger charge is 2.71. The molecular formula is C30H56O6SSi2. The zero-order chi connectivity index (χ0) is 29.2. The van der Waals surface area contributed by atoms with Crippen molar-refractivity contribution in [3.8, 4) is 0 Å². The van der Waals surface area contributed by atoms with Gasteiger partial charge in [-0.05, 0) is 79.7 Å². The van der Waals surface area contributed by atoms with Crippen molar-refractivity contribution in [1.29, 1.82) is 0 Å². The van der Waals surface area contributed by atoms with Gasteiger partial charge in [-0.2, -0.15) is 8.42 Å². The number of epoxide rings is 1. The molecule has 0 N–H and O–H groups in total. The van der Waals surface area contributed by atoms with Gasteiger partial charge in [-0.15, -0.1) is 0 Å². The molecule has 0 aromatic rings. The fourth-order valence-corrected chi connectivity index (χ4v) is 9.80. The highest BCUT2D eigenvalue weighted by molar-refractivity contribution is 7.85. The van der Waals surface area contributed by atoms with Crippen molar-refractivity contribution in [2.75, 3.05) is 12.9 Å². The third-order valence-electron chi connectivity index (χ3n) is 11.2. The highest BCUT2D eigenvalue weighted by Crippen LogP contribution is 2.64. The van der Waals surface area contributed by atoms with E-state index in [1.165, 1.54) is 25.7 Å². The molecule has 0 aromatic carbocycles. The Hall–Kier alpha value is -0.0362. The first-order chi connectivity index (χ1) is 17.7. The molecule has 0 bridgehead atoms. The lowest BCUT2D eigenvalue weighted by molar-refractivity contribution is 0.118. The number of hydrogen-bond acceptors (Lipinski definition) is 6. The fourth-order valence-electron chi connectivity index (χ4n) is 6.72. The van der Waals surface area contributed by atoms with E-state index < -0.39 is 32.4 Å². The van der Waals surface area contributed by atoms with Crippen LogP contribution in [0.1, 0.15) is 80.1 Å². The molecule has 7 atom stereocenters. The molecule has 4 aliphatic rings. The Morgan fingerprint density at radius 3 is 2.10 bits per heavy atom. The van der Waals surface area contributed by atoms with E-state index in [1.807, 2.05) is 0 Å². The van der Waals surface area contributed by atoms with E-state index in [0.29, 0.717) is 17.8 Å².